The normalized spacial score (nSPS) is 11.5. The number of aromatic nitrogens is 3. The summed E-state index contributed by atoms with van der Waals surface area (Å²) in [6.07, 6.45) is 10.4. The van der Waals surface area contributed by atoms with Gasteiger partial charge in [-0.3, -0.25) is 0 Å². The number of nitrogens with one attached hydrogen (secondary N) is 1. The summed E-state index contributed by atoms with van der Waals surface area (Å²) < 4.78 is 0. The maximum absolute atomic E-state index is 4.00. The summed E-state index contributed by atoms with van der Waals surface area (Å²) in [6.45, 7) is 5.51. The van der Waals surface area contributed by atoms with Crippen LogP contribution in [-0.2, 0) is 6.42 Å². The lowest BCUT2D eigenvalue weighted by atomic mass is 10.2. The molecular weight excluding hydrogens is 162 g/mol. The molecule has 0 radical (unpaired) electrons. The Morgan fingerprint density at radius 1 is 1.31 bits per heavy atom. The van der Waals surface area contributed by atoms with Gasteiger partial charge in [-0.1, -0.05) is 37.0 Å². The van der Waals surface area contributed by atoms with Crippen LogP contribution in [0.2, 0.25) is 0 Å². The highest BCUT2D eigenvalue weighted by Gasteiger charge is 1.97. The summed E-state index contributed by atoms with van der Waals surface area (Å²) in [4.78, 5) is 0. The summed E-state index contributed by atoms with van der Waals surface area (Å²) in [6, 6.07) is 0. The fourth-order valence-corrected chi connectivity index (χ4v) is 0.900. The van der Waals surface area contributed by atoms with Crippen LogP contribution in [0, 0.1) is 6.92 Å². The molecule has 1 aromatic heterocycles. The standard InChI is InChI=1S/C10H13N3/c1-3-4-5-6-7-8-10-9(2)11-13-12-10/h3-7H,1,8H2,2H3,(H,11,12,13)/b5-4-,7-6+. The van der Waals surface area contributed by atoms with Crippen molar-refractivity contribution < 1.29 is 0 Å². The molecule has 0 spiro atoms. The van der Waals surface area contributed by atoms with Crippen LogP contribution in [-0.4, -0.2) is 15.4 Å². The molecule has 0 aliphatic rings. The molecule has 0 unspecified atom stereocenters. The maximum Gasteiger partial charge on any atom is 0.0891 e. The Hall–Kier alpha value is -1.64. The average molecular weight is 175 g/mol. The number of nitrogens with zero attached hydrogens (tertiary/aromatic N) is 2. The SMILES string of the molecule is C=C/C=C\C=C\Cc1n[nH]nc1C. The monoisotopic (exact) mass is 175 g/mol. The minimum atomic E-state index is 0.809. The largest absolute Gasteiger partial charge is 0.197 e. The first-order valence-corrected chi connectivity index (χ1v) is 4.15. The molecule has 0 aliphatic carbocycles. The van der Waals surface area contributed by atoms with E-state index in [4.69, 9.17) is 0 Å². The summed E-state index contributed by atoms with van der Waals surface area (Å²) >= 11 is 0. The van der Waals surface area contributed by atoms with Gasteiger partial charge in [0, 0.05) is 6.42 Å². The predicted molar refractivity (Wildman–Crippen MR) is 53.3 cm³/mol. The number of H-pyrrole nitrogens is 1. The molecule has 68 valence electrons. The van der Waals surface area contributed by atoms with E-state index in [2.05, 4.69) is 22.0 Å². The summed E-state index contributed by atoms with van der Waals surface area (Å²) in [5.74, 6) is 0. The molecule has 1 aromatic rings. The number of allylic oxidation sites excluding steroid dienone is 5. The van der Waals surface area contributed by atoms with Crippen molar-refractivity contribution in [2.75, 3.05) is 0 Å². The maximum atomic E-state index is 4.00. The van der Waals surface area contributed by atoms with Gasteiger partial charge in [-0.2, -0.15) is 15.4 Å². The molecule has 0 bridgehead atoms. The molecule has 0 saturated carbocycles. The Kier molecular flexibility index (Phi) is 3.70. The van der Waals surface area contributed by atoms with Gasteiger partial charge in [-0.05, 0) is 6.92 Å². The van der Waals surface area contributed by atoms with Gasteiger partial charge in [0.25, 0.3) is 0 Å². The molecule has 0 fully saturated rings. The van der Waals surface area contributed by atoms with E-state index in [1.165, 1.54) is 0 Å². The average Bonchev–Trinajstić information content (AvgIpc) is 2.52. The van der Waals surface area contributed by atoms with E-state index in [0.717, 1.165) is 17.8 Å². The van der Waals surface area contributed by atoms with Crippen molar-refractivity contribution in [3.8, 4) is 0 Å². The highest BCUT2D eigenvalue weighted by molar-refractivity contribution is 5.14. The van der Waals surface area contributed by atoms with Crippen molar-refractivity contribution in [2.45, 2.75) is 13.3 Å². The fraction of sp³-hybridized carbons (Fsp3) is 0.200. The van der Waals surface area contributed by atoms with Crippen molar-refractivity contribution >= 4 is 0 Å². The van der Waals surface area contributed by atoms with Crippen LogP contribution in [0.15, 0.2) is 37.0 Å². The number of aromatic amines is 1. The van der Waals surface area contributed by atoms with E-state index in [9.17, 15) is 0 Å². The number of aryl methyl sites for hydroxylation is 1. The van der Waals surface area contributed by atoms with Gasteiger partial charge in [0.2, 0.25) is 0 Å². The Balaban J connectivity index is 2.43. The van der Waals surface area contributed by atoms with E-state index in [1.807, 2.05) is 31.2 Å². The molecule has 0 aromatic carbocycles. The Morgan fingerprint density at radius 2 is 2.15 bits per heavy atom. The summed E-state index contributed by atoms with van der Waals surface area (Å²) in [7, 11) is 0. The van der Waals surface area contributed by atoms with Crippen LogP contribution in [0.5, 0.6) is 0 Å². The van der Waals surface area contributed by atoms with E-state index >= 15 is 0 Å². The number of hydrogen-bond donors (Lipinski definition) is 1. The van der Waals surface area contributed by atoms with E-state index in [0.29, 0.717) is 0 Å². The highest BCUT2D eigenvalue weighted by atomic mass is 15.3. The lowest BCUT2D eigenvalue weighted by Crippen LogP contribution is -1.83. The number of hydrogen-bond acceptors (Lipinski definition) is 2. The lowest BCUT2D eigenvalue weighted by Gasteiger charge is -1.86. The second-order valence-electron chi connectivity index (χ2n) is 2.61. The smallest absolute Gasteiger partial charge is 0.0891 e. The van der Waals surface area contributed by atoms with Gasteiger partial charge in [0.1, 0.15) is 0 Å². The summed E-state index contributed by atoms with van der Waals surface area (Å²) in [5.41, 5.74) is 1.95. The predicted octanol–water partition coefficient (Wildman–Crippen LogP) is 1.95. The minimum absolute atomic E-state index is 0.809. The van der Waals surface area contributed by atoms with Crippen LogP contribution in [0.1, 0.15) is 11.4 Å². The zero-order chi connectivity index (χ0) is 9.52. The second kappa shape index (κ2) is 5.09. The van der Waals surface area contributed by atoms with E-state index in [1.54, 1.807) is 6.08 Å². The van der Waals surface area contributed by atoms with Crippen molar-refractivity contribution in [3.05, 3.63) is 48.3 Å². The van der Waals surface area contributed by atoms with Crippen LogP contribution in [0.3, 0.4) is 0 Å². The Labute approximate surface area is 77.9 Å². The third-order valence-electron chi connectivity index (χ3n) is 1.63. The number of rotatable bonds is 4. The zero-order valence-corrected chi connectivity index (χ0v) is 7.70. The molecule has 3 heteroatoms. The van der Waals surface area contributed by atoms with Crippen molar-refractivity contribution in [2.24, 2.45) is 0 Å². The molecule has 1 heterocycles. The first-order valence-electron chi connectivity index (χ1n) is 4.15. The van der Waals surface area contributed by atoms with Crippen LogP contribution >= 0.6 is 0 Å². The van der Waals surface area contributed by atoms with Crippen molar-refractivity contribution in [3.63, 3.8) is 0 Å². The molecule has 1 rings (SSSR count). The lowest BCUT2D eigenvalue weighted by molar-refractivity contribution is 0.914. The molecule has 13 heavy (non-hydrogen) atoms. The fourth-order valence-electron chi connectivity index (χ4n) is 0.900. The molecule has 0 amide bonds. The van der Waals surface area contributed by atoms with Crippen molar-refractivity contribution in [1.82, 2.24) is 15.4 Å². The van der Waals surface area contributed by atoms with Gasteiger partial charge in [0.15, 0.2) is 0 Å². The van der Waals surface area contributed by atoms with Gasteiger partial charge in [-0.15, -0.1) is 0 Å². The van der Waals surface area contributed by atoms with Gasteiger partial charge < -0.3 is 0 Å². The van der Waals surface area contributed by atoms with E-state index < -0.39 is 0 Å². The topological polar surface area (TPSA) is 41.6 Å². The van der Waals surface area contributed by atoms with Crippen LogP contribution < -0.4 is 0 Å². The Morgan fingerprint density at radius 3 is 2.77 bits per heavy atom. The highest BCUT2D eigenvalue weighted by Crippen LogP contribution is 1.99. The molecule has 3 nitrogen and oxygen atoms in total. The zero-order valence-electron chi connectivity index (χ0n) is 7.70. The van der Waals surface area contributed by atoms with Crippen LogP contribution in [0.4, 0.5) is 0 Å². The van der Waals surface area contributed by atoms with E-state index in [-0.39, 0.29) is 0 Å². The molecule has 1 N–H and O–H groups in total. The third kappa shape index (κ3) is 3.07. The minimum Gasteiger partial charge on any atom is -0.197 e. The van der Waals surface area contributed by atoms with Crippen LogP contribution in [0.25, 0.3) is 0 Å². The van der Waals surface area contributed by atoms with Gasteiger partial charge >= 0.3 is 0 Å². The quantitative estimate of drug-likeness (QED) is 0.711. The van der Waals surface area contributed by atoms with Crippen molar-refractivity contribution in [1.29, 1.82) is 0 Å². The molecule has 0 saturated heterocycles. The second-order valence-corrected chi connectivity index (χ2v) is 2.61. The molecule has 0 aliphatic heterocycles. The third-order valence-corrected chi connectivity index (χ3v) is 1.63. The Bertz CT molecular complexity index is 321. The summed E-state index contributed by atoms with van der Waals surface area (Å²) in [5, 5.41) is 10.5. The molecular formula is C10H13N3. The molecule has 0 atom stereocenters. The first kappa shape index (κ1) is 9.45. The first-order chi connectivity index (χ1) is 6.34. The van der Waals surface area contributed by atoms with Gasteiger partial charge in [0.05, 0.1) is 11.4 Å². The van der Waals surface area contributed by atoms with Gasteiger partial charge in [-0.25, -0.2) is 0 Å².